The summed E-state index contributed by atoms with van der Waals surface area (Å²) < 4.78 is 7.45. The van der Waals surface area contributed by atoms with Gasteiger partial charge in [-0.25, -0.2) is 9.67 Å². The maximum atomic E-state index is 12.6. The second-order valence-corrected chi connectivity index (χ2v) is 8.39. The first-order chi connectivity index (χ1) is 18.1. The zero-order valence-corrected chi connectivity index (χ0v) is 20.2. The van der Waals surface area contributed by atoms with Gasteiger partial charge >= 0.3 is 0 Å². The number of rotatable bonds is 7. The fourth-order valence-corrected chi connectivity index (χ4v) is 4.09. The first-order valence-electron chi connectivity index (χ1n) is 11.7. The van der Waals surface area contributed by atoms with Crippen LogP contribution in [0.1, 0.15) is 17.0 Å². The highest BCUT2D eigenvalue weighted by molar-refractivity contribution is 5.92. The molecule has 0 saturated heterocycles. The molecule has 180 valence electrons. The van der Waals surface area contributed by atoms with E-state index < -0.39 is 0 Å². The summed E-state index contributed by atoms with van der Waals surface area (Å²) in [5.41, 5.74) is 4.57. The number of allylic oxidation sites excluding steroid dienone is 1. The summed E-state index contributed by atoms with van der Waals surface area (Å²) in [6.07, 6.45) is 5.27. The molecule has 5 rings (SSSR count). The Morgan fingerprint density at radius 3 is 2.68 bits per heavy atom. The first-order valence-corrected chi connectivity index (χ1v) is 11.7. The molecule has 0 aliphatic heterocycles. The summed E-state index contributed by atoms with van der Waals surface area (Å²) >= 11 is 0. The van der Waals surface area contributed by atoms with Gasteiger partial charge in [0.05, 0.1) is 22.2 Å². The van der Waals surface area contributed by atoms with Crippen LogP contribution >= 0.6 is 0 Å². The number of nitrogens with one attached hydrogen (secondary N) is 1. The maximum Gasteiger partial charge on any atom is 0.259 e. The number of ether oxygens (including phenoxy) is 1. The van der Waals surface area contributed by atoms with Crippen LogP contribution in [0.25, 0.3) is 39.5 Å². The van der Waals surface area contributed by atoms with E-state index in [1.807, 2.05) is 67.7 Å². The number of hydrogen-bond acceptors (Lipinski definition) is 5. The number of nitrogens with zero attached hydrogens (tertiary/aromatic N) is 4. The Morgan fingerprint density at radius 1 is 1.14 bits per heavy atom. The highest BCUT2D eigenvalue weighted by atomic mass is 16.5. The van der Waals surface area contributed by atoms with Crippen molar-refractivity contribution in [2.24, 2.45) is 0 Å². The number of fused-ring (bicyclic) bond motifs is 1. The van der Waals surface area contributed by atoms with Gasteiger partial charge in [0.1, 0.15) is 24.1 Å². The molecule has 0 aliphatic carbocycles. The van der Waals surface area contributed by atoms with E-state index in [0.717, 1.165) is 22.6 Å². The third kappa shape index (κ3) is 4.81. The van der Waals surface area contributed by atoms with Gasteiger partial charge in [-0.2, -0.15) is 10.4 Å². The van der Waals surface area contributed by atoms with Crippen LogP contribution in [-0.4, -0.2) is 26.4 Å². The normalized spacial score (nSPS) is 11.3. The predicted octanol–water partition coefficient (Wildman–Crippen LogP) is 5.71. The van der Waals surface area contributed by atoms with Crippen LogP contribution < -0.4 is 10.3 Å². The van der Waals surface area contributed by atoms with E-state index in [9.17, 15) is 10.1 Å². The Bertz CT molecular complexity index is 1740. The molecule has 0 saturated carbocycles. The van der Waals surface area contributed by atoms with Crippen LogP contribution in [0.2, 0.25) is 0 Å². The Labute approximate surface area is 213 Å². The van der Waals surface area contributed by atoms with E-state index in [-0.39, 0.29) is 17.0 Å². The van der Waals surface area contributed by atoms with Crippen molar-refractivity contribution < 1.29 is 4.74 Å². The second-order valence-electron chi connectivity index (χ2n) is 8.39. The average Bonchev–Trinajstić information content (AvgIpc) is 3.34. The van der Waals surface area contributed by atoms with Crippen molar-refractivity contribution in [3.05, 3.63) is 119 Å². The number of H-pyrrole nitrogens is 1. The number of benzene rings is 3. The molecule has 2 heterocycles. The van der Waals surface area contributed by atoms with Gasteiger partial charge in [-0.1, -0.05) is 43.0 Å². The maximum absolute atomic E-state index is 12.6. The first kappa shape index (κ1) is 23.5. The van der Waals surface area contributed by atoms with Crippen molar-refractivity contribution in [2.45, 2.75) is 6.92 Å². The van der Waals surface area contributed by atoms with Crippen LogP contribution in [0.4, 0.5) is 0 Å². The standard InChI is InChI=1S/C30H23N5O2/c1-3-15-37-24-13-14-25(20(2)16-24)28-22(19-35(34-28)23-9-5-4-6-10-23)17-21(18-31)29-32-27-12-8-7-11-26(27)30(36)33-29/h3-14,16-17,19H,1,15H2,2H3,(H,32,33,36)/b21-17+. The van der Waals surface area contributed by atoms with E-state index in [1.165, 1.54) is 0 Å². The minimum atomic E-state index is -0.298. The molecule has 1 N–H and O–H groups in total. The number of aryl methyl sites for hydroxylation is 1. The lowest BCUT2D eigenvalue weighted by atomic mass is 10.0. The minimum absolute atomic E-state index is 0.203. The van der Waals surface area contributed by atoms with Crippen LogP contribution in [-0.2, 0) is 0 Å². The van der Waals surface area contributed by atoms with Gasteiger partial charge in [-0.15, -0.1) is 0 Å². The van der Waals surface area contributed by atoms with Crippen molar-refractivity contribution in [1.82, 2.24) is 19.7 Å². The summed E-state index contributed by atoms with van der Waals surface area (Å²) in [7, 11) is 0. The molecule has 0 aliphatic rings. The minimum Gasteiger partial charge on any atom is -0.490 e. The van der Waals surface area contributed by atoms with E-state index >= 15 is 0 Å². The Kier molecular flexibility index (Phi) is 6.47. The molecule has 0 bridgehead atoms. The van der Waals surface area contributed by atoms with Crippen LogP contribution in [0.15, 0.2) is 96.4 Å². The second kappa shape index (κ2) is 10.2. The van der Waals surface area contributed by atoms with E-state index in [0.29, 0.717) is 28.8 Å². The number of para-hydroxylation sites is 2. The topological polar surface area (TPSA) is 96.6 Å². The van der Waals surface area contributed by atoms with E-state index in [4.69, 9.17) is 9.84 Å². The molecule has 0 spiro atoms. The van der Waals surface area contributed by atoms with E-state index in [1.54, 1.807) is 35.0 Å². The molecular formula is C30H23N5O2. The molecule has 7 heteroatoms. The molecule has 0 radical (unpaired) electrons. The third-order valence-electron chi connectivity index (χ3n) is 5.87. The van der Waals surface area contributed by atoms with Crippen LogP contribution in [0, 0.1) is 18.3 Å². The number of aromatic nitrogens is 4. The molecule has 0 fully saturated rings. The van der Waals surface area contributed by atoms with Gasteiger partial charge in [0.15, 0.2) is 5.82 Å². The average molecular weight is 486 g/mol. The zero-order chi connectivity index (χ0) is 25.8. The molecule has 0 unspecified atom stereocenters. The van der Waals surface area contributed by atoms with Crippen molar-refractivity contribution >= 4 is 22.6 Å². The molecule has 0 atom stereocenters. The van der Waals surface area contributed by atoms with E-state index in [2.05, 4.69) is 22.6 Å². The van der Waals surface area contributed by atoms with Crippen LogP contribution in [0.5, 0.6) is 5.75 Å². The Balaban J connectivity index is 1.66. The van der Waals surface area contributed by atoms with Gasteiger partial charge < -0.3 is 9.72 Å². The Morgan fingerprint density at radius 2 is 1.92 bits per heavy atom. The smallest absolute Gasteiger partial charge is 0.259 e. The molecule has 3 aromatic carbocycles. The molecule has 2 aromatic heterocycles. The van der Waals surface area contributed by atoms with Crippen molar-refractivity contribution in [2.75, 3.05) is 6.61 Å². The summed E-state index contributed by atoms with van der Waals surface area (Å²) in [4.78, 5) is 19.9. The van der Waals surface area contributed by atoms with Crippen molar-refractivity contribution in [1.29, 1.82) is 5.26 Å². The van der Waals surface area contributed by atoms with Gasteiger partial charge in [-0.05, 0) is 61.0 Å². The monoisotopic (exact) mass is 485 g/mol. The molecule has 7 nitrogen and oxygen atoms in total. The summed E-state index contributed by atoms with van der Waals surface area (Å²) in [6.45, 7) is 6.09. The summed E-state index contributed by atoms with van der Waals surface area (Å²) in [6, 6.07) is 24.7. The highest BCUT2D eigenvalue weighted by Crippen LogP contribution is 2.31. The number of hydrogen-bond donors (Lipinski definition) is 1. The summed E-state index contributed by atoms with van der Waals surface area (Å²) in [5.74, 6) is 0.936. The lowest BCUT2D eigenvalue weighted by molar-refractivity contribution is 0.363. The highest BCUT2D eigenvalue weighted by Gasteiger charge is 2.16. The fourth-order valence-electron chi connectivity index (χ4n) is 4.09. The van der Waals surface area contributed by atoms with Gasteiger partial charge in [0, 0.05) is 17.3 Å². The molecule has 0 amide bonds. The van der Waals surface area contributed by atoms with Crippen molar-refractivity contribution in [3.63, 3.8) is 0 Å². The lowest BCUT2D eigenvalue weighted by Gasteiger charge is -2.09. The predicted molar refractivity (Wildman–Crippen MR) is 145 cm³/mol. The van der Waals surface area contributed by atoms with Gasteiger partial charge in [0.25, 0.3) is 5.56 Å². The Hall–Kier alpha value is -5.22. The molecular weight excluding hydrogens is 462 g/mol. The summed E-state index contributed by atoms with van der Waals surface area (Å²) in [5, 5.41) is 15.4. The third-order valence-corrected chi connectivity index (χ3v) is 5.87. The van der Waals surface area contributed by atoms with Crippen molar-refractivity contribution in [3.8, 4) is 28.8 Å². The fraction of sp³-hybridized carbons (Fsp3) is 0.0667. The molecule has 5 aromatic rings. The number of nitriles is 1. The van der Waals surface area contributed by atoms with Gasteiger partial charge in [0.2, 0.25) is 0 Å². The lowest BCUT2D eigenvalue weighted by Crippen LogP contribution is -2.11. The quantitative estimate of drug-likeness (QED) is 0.235. The largest absolute Gasteiger partial charge is 0.490 e. The van der Waals surface area contributed by atoms with Crippen LogP contribution in [0.3, 0.4) is 0 Å². The molecule has 37 heavy (non-hydrogen) atoms. The number of aromatic amines is 1. The van der Waals surface area contributed by atoms with Gasteiger partial charge in [-0.3, -0.25) is 4.79 Å². The SMILES string of the molecule is C=CCOc1ccc(-c2nn(-c3ccccc3)cc2/C=C(\C#N)c2nc3ccccc3c(=O)[nH]2)c(C)c1. The zero-order valence-electron chi connectivity index (χ0n) is 20.2.